The van der Waals surface area contributed by atoms with Gasteiger partial charge in [-0.25, -0.2) is 22.4 Å². The topological polar surface area (TPSA) is 83.3 Å². The van der Waals surface area contributed by atoms with Gasteiger partial charge in [0.05, 0.1) is 42.6 Å². The monoisotopic (exact) mass is 383 g/mol. The van der Waals surface area contributed by atoms with Crippen molar-refractivity contribution in [1.29, 1.82) is 0 Å². The Morgan fingerprint density at radius 2 is 1.81 bits per heavy atom. The SMILES string of the molecule is COc1cc(OC)c2c(-c3cn(S(C)(=O)=O)c4ccccc34)ncnc2c1. The summed E-state index contributed by atoms with van der Waals surface area (Å²) < 4.78 is 36.6. The molecule has 27 heavy (non-hydrogen) atoms. The molecular formula is C19H17N3O4S. The van der Waals surface area contributed by atoms with Crippen LogP contribution in [0.25, 0.3) is 33.1 Å². The molecule has 138 valence electrons. The van der Waals surface area contributed by atoms with Gasteiger partial charge in [-0.05, 0) is 6.07 Å². The van der Waals surface area contributed by atoms with Gasteiger partial charge in [0.15, 0.2) is 0 Å². The Labute approximate surface area is 156 Å². The maximum Gasteiger partial charge on any atom is 0.236 e. The van der Waals surface area contributed by atoms with Crippen molar-refractivity contribution in [2.24, 2.45) is 0 Å². The molecule has 0 N–H and O–H groups in total. The van der Waals surface area contributed by atoms with E-state index in [1.165, 1.54) is 16.6 Å². The number of methoxy groups -OCH3 is 2. The molecule has 2 heterocycles. The summed E-state index contributed by atoms with van der Waals surface area (Å²) in [7, 11) is -0.342. The van der Waals surface area contributed by atoms with Crippen LogP contribution in [0.5, 0.6) is 11.5 Å². The first-order valence-corrected chi connectivity index (χ1v) is 9.96. The fourth-order valence-corrected chi connectivity index (χ4v) is 4.04. The van der Waals surface area contributed by atoms with Crippen molar-refractivity contribution in [2.45, 2.75) is 0 Å². The zero-order valence-electron chi connectivity index (χ0n) is 15.0. The van der Waals surface area contributed by atoms with Gasteiger partial charge in [-0.1, -0.05) is 18.2 Å². The molecule has 2 aromatic heterocycles. The van der Waals surface area contributed by atoms with E-state index in [0.29, 0.717) is 39.2 Å². The molecule has 0 spiro atoms. The van der Waals surface area contributed by atoms with Crippen molar-refractivity contribution in [3.8, 4) is 22.8 Å². The highest BCUT2D eigenvalue weighted by atomic mass is 32.2. The molecule has 0 bridgehead atoms. The number of aromatic nitrogens is 3. The van der Waals surface area contributed by atoms with E-state index in [1.54, 1.807) is 44.7 Å². The van der Waals surface area contributed by atoms with Crippen molar-refractivity contribution in [3.63, 3.8) is 0 Å². The number of para-hydroxylation sites is 1. The molecule has 0 amide bonds. The van der Waals surface area contributed by atoms with E-state index in [4.69, 9.17) is 9.47 Å². The van der Waals surface area contributed by atoms with Crippen LogP contribution in [-0.2, 0) is 10.0 Å². The fraction of sp³-hybridized carbons (Fsp3) is 0.158. The van der Waals surface area contributed by atoms with Gasteiger partial charge in [0.2, 0.25) is 10.0 Å². The van der Waals surface area contributed by atoms with Crippen LogP contribution in [0.4, 0.5) is 0 Å². The zero-order valence-corrected chi connectivity index (χ0v) is 15.8. The number of hydrogen-bond donors (Lipinski definition) is 0. The number of benzene rings is 2. The standard InChI is InChI=1S/C19H17N3O4S/c1-25-12-8-15-18(17(9-12)26-2)19(21-11-20-15)14-10-22(27(3,23)24)16-7-5-4-6-13(14)16/h4-11H,1-3H3. The minimum Gasteiger partial charge on any atom is -0.497 e. The number of fused-ring (bicyclic) bond motifs is 2. The highest BCUT2D eigenvalue weighted by Gasteiger charge is 2.20. The molecule has 0 saturated carbocycles. The summed E-state index contributed by atoms with van der Waals surface area (Å²) in [5.74, 6) is 1.17. The van der Waals surface area contributed by atoms with Gasteiger partial charge in [-0.15, -0.1) is 0 Å². The molecule has 0 atom stereocenters. The third kappa shape index (κ3) is 2.78. The Kier molecular flexibility index (Phi) is 4.00. The Morgan fingerprint density at radius 3 is 2.52 bits per heavy atom. The average molecular weight is 383 g/mol. The first-order valence-electron chi connectivity index (χ1n) is 8.12. The molecule has 4 rings (SSSR count). The van der Waals surface area contributed by atoms with Gasteiger partial charge in [0, 0.05) is 29.3 Å². The van der Waals surface area contributed by atoms with Gasteiger partial charge in [-0.3, -0.25) is 0 Å². The summed E-state index contributed by atoms with van der Waals surface area (Å²) >= 11 is 0. The predicted octanol–water partition coefficient (Wildman–Crippen LogP) is 3.08. The number of ether oxygens (including phenoxy) is 2. The summed E-state index contributed by atoms with van der Waals surface area (Å²) in [6, 6.07) is 10.9. The average Bonchev–Trinajstić information content (AvgIpc) is 3.06. The highest BCUT2D eigenvalue weighted by molar-refractivity contribution is 7.89. The van der Waals surface area contributed by atoms with Gasteiger partial charge < -0.3 is 9.47 Å². The third-order valence-electron chi connectivity index (χ3n) is 4.42. The van der Waals surface area contributed by atoms with Crippen molar-refractivity contribution in [1.82, 2.24) is 13.9 Å². The van der Waals surface area contributed by atoms with Crippen LogP contribution in [0.1, 0.15) is 0 Å². The Hall–Kier alpha value is -3.13. The van der Waals surface area contributed by atoms with Crippen molar-refractivity contribution in [2.75, 3.05) is 20.5 Å². The summed E-state index contributed by atoms with van der Waals surface area (Å²) in [5, 5.41) is 1.47. The Balaban J connectivity index is 2.13. The minimum atomic E-state index is -3.47. The maximum atomic E-state index is 12.3. The molecule has 0 saturated heterocycles. The van der Waals surface area contributed by atoms with Crippen LogP contribution in [0, 0.1) is 0 Å². The zero-order chi connectivity index (χ0) is 19.2. The molecular weight excluding hydrogens is 366 g/mol. The lowest BCUT2D eigenvalue weighted by Gasteiger charge is -2.11. The number of hydrogen-bond acceptors (Lipinski definition) is 6. The molecule has 2 aromatic carbocycles. The van der Waals surface area contributed by atoms with Crippen molar-refractivity contribution < 1.29 is 17.9 Å². The Morgan fingerprint density at radius 1 is 1.04 bits per heavy atom. The van der Waals surface area contributed by atoms with E-state index < -0.39 is 10.0 Å². The van der Waals surface area contributed by atoms with Crippen LogP contribution in [0.3, 0.4) is 0 Å². The second kappa shape index (κ2) is 6.24. The second-order valence-electron chi connectivity index (χ2n) is 6.06. The largest absolute Gasteiger partial charge is 0.497 e. The quantitative estimate of drug-likeness (QED) is 0.539. The van der Waals surface area contributed by atoms with Crippen LogP contribution < -0.4 is 9.47 Å². The number of rotatable bonds is 4. The lowest BCUT2D eigenvalue weighted by molar-refractivity contribution is 0.398. The fourth-order valence-electron chi connectivity index (χ4n) is 3.23. The van der Waals surface area contributed by atoms with E-state index in [2.05, 4.69) is 9.97 Å². The maximum absolute atomic E-state index is 12.3. The summed E-state index contributed by atoms with van der Waals surface area (Å²) in [6.07, 6.45) is 4.21. The van der Waals surface area contributed by atoms with E-state index in [1.807, 2.05) is 12.1 Å². The van der Waals surface area contributed by atoms with Crippen LogP contribution >= 0.6 is 0 Å². The second-order valence-corrected chi connectivity index (χ2v) is 7.92. The van der Waals surface area contributed by atoms with Crippen molar-refractivity contribution in [3.05, 3.63) is 48.9 Å². The van der Waals surface area contributed by atoms with Crippen molar-refractivity contribution >= 4 is 31.8 Å². The summed E-state index contributed by atoms with van der Waals surface area (Å²) in [5.41, 5.74) is 2.52. The van der Waals surface area contributed by atoms with E-state index in [0.717, 1.165) is 5.39 Å². The normalized spacial score (nSPS) is 11.8. The molecule has 0 fully saturated rings. The molecule has 8 heteroatoms. The lowest BCUT2D eigenvalue weighted by Crippen LogP contribution is -2.07. The highest BCUT2D eigenvalue weighted by Crippen LogP contribution is 2.39. The Bertz CT molecular complexity index is 1280. The first kappa shape index (κ1) is 17.3. The molecule has 0 aliphatic carbocycles. The van der Waals surface area contributed by atoms with Crippen LogP contribution in [-0.4, -0.2) is 42.8 Å². The smallest absolute Gasteiger partial charge is 0.236 e. The van der Waals surface area contributed by atoms with Gasteiger partial charge >= 0.3 is 0 Å². The van der Waals surface area contributed by atoms with E-state index in [-0.39, 0.29) is 0 Å². The van der Waals surface area contributed by atoms with E-state index >= 15 is 0 Å². The summed E-state index contributed by atoms with van der Waals surface area (Å²) in [6.45, 7) is 0. The first-order chi connectivity index (χ1) is 12.9. The third-order valence-corrected chi connectivity index (χ3v) is 5.44. The molecule has 7 nitrogen and oxygen atoms in total. The molecule has 0 radical (unpaired) electrons. The minimum absolute atomic E-state index is 0.552. The molecule has 0 unspecified atom stereocenters. The predicted molar refractivity (Wildman–Crippen MR) is 104 cm³/mol. The van der Waals surface area contributed by atoms with Gasteiger partial charge in [0.25, 0.3) is 0 Å². The molecule has 0 aliphatic rings. The summed E-state index contributed by atoms with van der Waals surface area (Å²) in [4.78, 5) is 8.77. The molecule has 4 aromatic rings. The van der Waals surface area contributed by atoms with Gasteiger partial charge in [-0.2, -0.15) is 0 Å². The van der Waals surface area contributed by atoms with Crippen LogP contribution in [0.2, 0.25) is 0 Å². The lowest BCUT2D eigenvalue weighted by atomic mass is 10.0. The van der Waals surface area contributed by atoms with E-state index in [9.17, 15) is 8.42 Å². The van der Waals surface area contributed by atoms with Gasteiger partial charge in [0.1, 0.15) is 17.8 Å². The number of nitrogens with zero attached hydrogens (tertiary/aromatic N) is 3. The molecule has 0 aliphatic heterocycles. The van der Waals surface area contributed by atoms with Crippen LogP contribution in [0.15, 0.2) is 48.9 Å².